The van der Waals surface area contributed by atoms with Gasteiger partial charge in [0.2, 0.25) is 0 Å². The molecule has 0 aliphatic carbocycles. The highest BCUT2D eigenvalue weighted by Gasteiger charge is 2.09. The van der Waals surface area contributed by atoms with Gasteiger partial charge in [0, 0.05) is 5.88 Å². The predicted octanol–water partition coefficient (Wildman–Crippen LogP) is 4.51. The van der Waals surface area contributed by atoms with Crippen LogP contribution >= 0.6 is 11.6 Å². The maximum atomic E-state index is 5.94. The molecule has 0 aliphatic heterocycles. The highest BCUT2D eigenvalue weighted by atomic mass is 35.5. The Hall–Kier alpha value is -0.690. The molecule has 96 valence electrons. The van der Waals surface area contributed by atoms with E-state index in [1.54, 1.807) is 0 Å². The number of hydrogen-bond acceptors (Lipinski definition) is 1. The second-order valence-electron chi connectivity index (χ2n) is 5.07. The molecule has 0 saturated heterocycles. The zero-order valence-electron chi connectivity index (χ0n) is 11.3. The Bertz CT molecular complexity index is 358. The van der Waals surface area contributed by atoms with Crippen LogP contribution in [0.25, 0.3) is 0 Å². The fourth-order valence-corrected chi connectivity index (χ4v) is 2.08. The Kier molecular flexibility index (Phi) is 5.84. The van der Waals surface area contributed by atoms with Gasteiger partial charge in [0.15, 0.2) is 0 Å². The number of rotatable bonds is 6. The lowest BCUT2D eigenvalue weighted by Gasteiger charge is -2.16. The summed E-state index contributed by atoms with van der Waals surface area (Å²) >= 11 is 5.77. The van der Waals surface area contributed by atoms with E-state index in [4.69, 9.17) is 16.3 Å². The lowest BCUT2D eigenvalue weighted by atomic mass is 10.0. The van der Waals surface area contributed by atoms with Crippen molar-refractivity contribution < 1.29 is 4.74 Å². The summed E-state index contributed by atoms with van der Waals surface area (Å²) in [6.45, 7) is 9.36. The van der Waals surface area contributed by atoms with Gasteiger partial charge in [0.25, 0.3) is 0 Å². The summed E-state index contributed by atoms with van der Waals surface area (Å²) in [5.41, 5.74) is 3.82. The molecule has 0 heterocycles. The zero-order chi connectivity index (χ0) is 12.8. The largest absolute Gasteiger partial charge is 0.493 e. The first-order chi connectivity index (χ1) is 8.04. The van der Waals surface area contributed by atoms with Crippen LogP contribution in [0.3, 0.4) is 0 Å². The van der Waals surface area contributed by atoms with Gasteiger partial charge in [-0.2, -0.15) is 0 Å². The number of aryl methyl sites for hydroxylation is 3. The van der Waals surface area contributed by atoms with Gasteiger partial charge in [-0.25, -0.2) is 0 Å². The minimum absolute atomic E-state index is 0.552. The highest BCUT2D eigenvalue weighted by Crippen LogP contribution is 2.27. The summed E-state index contributed by atoms with van der Waals surface area (Å²) in [5, 5.41) is 0. The van der Waals surface area contributed by atoms with Crippen LogP contribution in [-0.2, 0) is 6.42 Å². The monoisotopic (exact) mass is 254 g/mol. The molecular formula is C15H23ClO. The molecule has 0 fully saturated rings. The summed E-state index contributed by atoms with van der Waals surface area (Å²) in [5.74, 6) is 2.32. The van der Waals surface area contributed by atoms with E-state index in [0.717, 1.165) is 25.2 Å². The number of hydrogen-bond donors (Lipinski definition) is 0. The van der Waals surface area contributed by atoms with E-state index in [1.807, 2.05) is 0 Å². The SMILES string of the molecule is Cc1cc(C)c(OCC(C)C)c(CCCCl)c1. The standard InChI is InChI=1S/C15H23ClO/c1-11(2)10-17-15-13(4)8-12(3)9-14(15)6-5-7-16/h8-9,11H,5-7,10H2,1-4H3. The van der Waals surface area contributed by atoms with E-state index in [9.17, 15) is 0 Å². The molecule has 0 aliphatic rings. The molecule has 0 saturated carbocycles. The third-order valence-electron chi connectivity index (χ3n) is 2.64. The van der Waals surface area contributed by atoms with Crippen LogP contribution in [0.15, 0.2) is 12.1 Å². The molecule has 1 aromatic carbocycles. The molecule has 2 heteroatoms. The Labute approximate surface area is 110 Å². The van der Waals surface area contributed by atoms with Gasteiger partial charge >= 0.3 is 0 Å². The van der Waals surface area contributed by atoms with Crippen LogP contribution < -0.4 is 4.74 Å². The molecule has 0 bridgehead atoms. The molecule has 0 spiro atoms. The fraction of sp³-hybridized carbons (Fsp3) is 0.600. The summed E-state index contributed by atoms with van der Waals surface area (Å²) < 4.78 is 5.94. The minimum Gasteiger partial charge on any atom is -0.493 e. The van der Waals surface area contributed by atoms with Crippen LogP contribution in [0.2, 0.25) is 0 Å². The summed E-state index contributed by atoms with van der Waals surface area (Å²) in [6.07, 6.45) is 2.00. The van der Waals surface area contributed by atoms with Gasteiger partial charge in [-0.05, 0) is 43.7 Å². The third kappa shape index (κ3) is 4.59. The van der Waals surface area contributed by atoms with Crippen molar-refractivity contribution in [3.63, 3.8) is 0 Å². The van der Waals surface area contributed by atoms with Gasteiger partial charge in [-0.3, -0.25) is 0 Å². The second kappa shape index (κ2) is 6.90. The molecule has 0 N–H and O–H groups in total. The summed E-state index contributed by atoms with van der Waals surface area (Å²) in [4.78, 5) is 0. The van der Waals surface area contributed by atoms with Gasteiger partial charge < -0.3 is 4.74 Å². The van der Waals surface area contributed by atoms with E-state index < -0.39 is 0 Å². The maximum Gasteiger partial charge on any atom is 0.125 e. The first kappa shape index (κ1) is 14.4. The van der Waals surface area contributed by atoms with Gasteiger partial charge in [-0.15, -0.1) is 11.6 Å². The average molecular weight is 255 g/mol. The number of alkyl halides is 1. The maximum absolute atomic E-state index is 5.94. The van der Waals surface area contributed by atoms with Gasteiger partial charge in [0.05, 0.1) is 6.61 Å². The third-order valence-corrected chi connectivity index (χ3v) is 2.90. The number of benzene rings is 1. The van der Waals surface area contributed by atoms with Crippen molar-refractivity contribution in [2.75, 3.05) is 12.5 Å². The van der Waals surface area contributed by atoms with E-state index >= 15 is 0 Å². The van der Waals surface area contributed by atoms with Crippen molar-refractivity contribution in [1.29, 1.82) is 0 Å². The summed E-state index contributed by atoms with van der Waals surface area (Å²) in [7, 11) is 0. The van der Waals surface area contributed by atoms with E-state index in [0.29, 0.717) is 11.8 Å². The van der Waals surface area contributed by atoms with E-state index in [1.165, 1.54) is 16.7 Å². The van der Waals surface area contributed by atoms with Crippen LogP contribution in [0.5, 0.6) is 5.75 Å². The van der Waals surface area contributed by atoms with E-state index in [2.05, 4.69) is 39.8 Å². The number of ether oxygens (including phenoxy) is 1. The van der Waals surface area contributed by atoms with Crippen molar-refractivity contribution in [3.8, 4) is 5.75 Å². The second-order valence-corrected chi connectivity index (χ2v) is 5.45. The Balaban J connectivity index is 2.90. The lowest BCUT2D eigenvalue weighted by Crippen LogP contribution is -2.08. The molecule has 1 rings (SSSR count). The van der Waals surface area contributed by atoms with Gasteiger partial charge in [0.1, 0.15) is 5.75 Å². The molecule has 0 atom stereocenters. The molecule has 1 nitrogen and oxygen atoms in total. The average Bonchev–Trinajstić information content (AvgIpc) is 2.24. The summed E-state index contributed by atoms with van der Waals surface area (Å²) in [6, 6.07) is 4.40. The van der Waals surface area contributed by atoms with Crippen molar-refractivity contribution in [1.82, 2.24) is 0 Å². The zero-order valence-corrected chi connectivity index (χ0v) is 12.1. The molecule has 0 aromatic heterocycles. The number of halogens is 1. The topological polar surface area (TPSA) is 9.23 Å². The van der Waals surface area contributed by atoms with Crippen molar-refractivity contribution >= 4 is 11.6 Å². The first-order valence-corrected chi connectivity index (χ1v) is 6.87. The highest BCUT2D eigenvalue weighted by molar-refractivity contribution is 6.17. The Morgan fingerprint density at radius 1 is 1.24 bits per heavy atom. The molecular weight excluding hydrogens is 232 g/mol. The normalized spacial score (nSPS) is 10.9. The van der Waals surface area contributed by atoms with E-state index in [-0.39, 0.29) is 0 Å². The smallest absolute Gasteiger partial charge is 0.125 e. The van der Waals surface area contributed by atoms with Crippen molar-refractivity contribution in [2.24, 2.45) is 5.92 Å². The molecule has 0 radical (unpaired) electrons. The van der Waals surface area contributed by atoms with Crippen molar-refractivity contribution in [3.05, 3.63) is 28.8 Å². The van der Waals surface area contributed by atoms with Crippen molar-refractivity contribution in [2.45, 2.75) is 40.5 Å². The Morgan fingerprint density at radius 2 is 1.94 bits per heavy atom. The lowest BCUT2D eigenvalue weighted by molar-refractivity contribution is 0.267. The minimum atomic E-state index is 0.552. The van der Waals surface area contributed by atoms with Crippen LogP contribution in [0, 0.1) is 19.8 Å². The van der Waals surface area contributed by atoms with Crippen LogP contribution in [0.4, 0.5) is 0 Å². The molecule has 17 heavy (non-hydrogen) atoms. The first-order valence-electron chi connectivity index (χ1n) is 6.33. The van der Waals surface area contributed by atoms with Crippen LogP contribution in [-0.4, -0.2) is 12.5 Å². The molecule has 1 aromatic rings. The molecule has 0 amide bonds. The Morgan fingerprint density at radius 3 is 2.53 bits per heavy atom. The van der Waals surface area contributed by atoms with Gasteiger partial charge in [-0.1, -0.05) is 31.5 Å². The molecule has 0 unspecified atom stereocenters. The fourth-order valence-electron chi connectivity index (χ4n) is 1.94. The van der Waals surface area contributed by atoms with Crippen LogP contribution in [0.1, 0.15) is 37.0 Å². The quantitative estimate of drug-likeness (QED) is 0.679. The predicted molar refractivity (Wildman–Crippen MR) is 75.3 cm³/mol.